The normalized spacial score (nSPS) is 10.0. The highest BCUT2D eigenvalue weighted by Crippen LogP contribution is 2.12. The Morgan fingerprint density at radius 1 is 1.37 bits per heavy atom. The summed E-state index contributed by atoms with van der Waals surface area (Å²) in [6.07, 6.45) is 5.00. The first-order chi connectivity index (χ1) is 9.20. The van der Waals surface area contributed by atoms with Crippen LogP contribution >= 0.6 is 0 Å². The number of nitrogens with zero attached hydrogens (tertiary/aromatic N) is 3. The van der Waals surface area contributed by atoms with Crippen molar-refractivity contribution >= 4 is 5.91 Å². The van der Waals surface area contributed by atoms with E-state index in [-0.39, 0.29) is 5.91 Å². The molecule has 0 unspecified atom stereocenters. The highest BCUT2D eigenvalue weighted by atomic mass is 16.5. The van der Waals surface area contributed by atoms with E-state index >= 15 is 0 Å². The van der Waals surface area contributed by atoms with E-state index in [0.717, 1.165) is 5.56 Å². The molecule has 0 N–H and O–H groups in total. The van der Waals surface area contributed by atoms with Crippen LogP contribution in [0.15, 0.2) is 42.9 Å². The predicted octanol–water partition coefficient (Wildman–Crippen LogP) is 1.76. The van der Waals surface area contributed by atoms with Gasteiger partial charge < -0.3 is 9.64 Å². The minimum atomic E-state index is -0.150. The largest absolute Gasteiger partial charge is 0.497 e. The van der Waals surface area contributed by atoms with Crippen molar-refractivity contribution in [3.8, 4) is 5.75 Å². The second kappa shape index (κ2) is 5.95. The van der Waals surface area contributed by atoms with Crippen LogP contribution in [0.2, 0.25) is 0 Å². The topological polar surface area (TPSA) is 55.3 Å². The van der Waals surface area contributed by atoms with Crippen molar-refractivity contribution in [1.82, 2.24) is 14.9 Å². The second-order valence-corrected chi connectivity index (χ2v) is 4.10. The van der Waals surface area contributed by atoms with Gasteiger partial charge in [0.15, 0.2) is 0 Å². The van der Waals surface area contributed by atoms with Gasteiger partial charge in [0.1, 0.15) is 11.4 Å². The molecule has 0 saturated heterocycles. The average molecular weight is 257 g/mol. The first-order valence-electron chi connectivity index (χ1n) is 5.85. The third kappa shape index (κ3) is 3.28. The summed E-state index contributed by atoms with van der Waals surface area (Å²) in [6, 6.07) is 7.10. The van der Waals surface area contributed by atoms with Gasteiger partial charge in [-0.3, -0.25) is 14.8 Å². The van der Waals surface area contributed by atoms with Gasteiger partial charge in [-0.2, -0.15) is 0 Å². The van der Waals surface area contributed by atoms with Crippen LogP contribution in [0.1, 0.15) is 16.1 Å². The fourth-order valence-corrected chi connectivity index (χ4v) is 1.69. The first-order valence-corrected chi connectivity index (χ1v) is 5.85. The summed E-state index contributed by atoms with van der Waals surface area (Å²) in [5, 5.41) is 0. The monoisotopic (exact) mass is 257 g/mol. The summed E-state index contributed by atoms with van der Waals surface area (Å²) in [7, 11) is 3.29. The highest BCUT2D eigenvalue weighted by molar-refractivity contribution is 5.92. The number of aromatic nitrogens is 2. The van der Waals surface area contributed by atoms with Crippen LogP contribution in [-0.2, 0) is 6.54 Å². The summed E-state index contributed by atoms with van der Waals surface area (Å²) in [5.74, 6) is 0.468. The first kappa shape index (κ1) is 13.0. The van der Waals surface area contributed by atoms with E-state index in [1.807, 2.05) is 12.1 Å². The third-order valence-electron chi connectivity index (χ3n) is 2.68. The quantitative estimate of drug-likeness (QED) is 0.837. The highest BCUT2D eigenvalue weighted by Gasteiger charge is 2.14. The number of pyridine rings is 2. The number of hydrogen-bond acceptors (Lipinski definition) is 4. The van der Waals surface area contributed by atoms with Gasteiger partial charge in [0.25, 0.3) is 5.91 Å². The van der Waals surface area contributed by atoms with E-state index in [4.69, 9.17) is 4.74 Å². The van der Waals surface area contributed by atoms with Gasteiger partial charge in [-0.05, 0) is 17.7 Å². The Labute approximate surface area is 111 Å². The van der Waals surface area contributed by atoms with Gasteiger partial charge in [0.2, 0.25) is 0 Å². The van der Waals surface area contributed by atoms with E-state index < -0.39 is 0 Å². The molecule has 0 spiro atoms. The lowest BCUT2D eigenvalue weighted by molar-refractivity contribution is 0.0779. The SMILES string of the molecule is COc1ccnc(C(=O)N(C)Cc2cccnc2)c1. The number of carbonyl (C=O) groups excluding carboxylic acids is 1. The average Bonchev–Trinajstić information content (AvgIpc) is 2.47. The predicted molar refractivity (Wildman–Crippen MR) is 70.8 cm³/mol. The molecule has 5 nitrogen and oxygen atoms in total. The number of methoxy groups -OCH3 is 1. The van der Waals surface area contributed by atoms with Crippen LogP contribution in [-0.4, -0.2) is 34.9 Å². The summed E-state index contributed by atoms with van der Waals surface area (Å²) in [6.45, 7) is 0.492. The molecule has 1 amide bonds. The van der Waals surface area contributed by atoms with Crippen molar-refractivity contribution < 1.29 is 9.53 Å². The van der Waals surface area contributed by atoms with E-state index in [2.05, 4.69) is 9.97 Å². The Bertz CT molecular complexity index is 558. The minimum absolute atomic E-state index is 0.150. The molecule has 19 heavy (non-hydrogen) atoms. The maximum atomic E-state index is 12.2. The van der Waals surface area contributed by atoms with Gasteiger partial charge >= 0.3 is 0 Å². The zero-order valence-corrected chi connectivity index (χ0v) is 10.9. The molecule has 0 fully saturated rings. The Kier molecular flexibility index (Phi) is 4.07. The lowest BCUT2D eigenvalue weighted by Crippen LogP contribution is -2.27. The summed E-state index contributed by atoms with van der Waals surface area (Å²) < 4.78 is 5.08. The summed E-state index contributed by atoms with van der Waals surface area (Å²) in [4.78, 5) is 21.9. The summed E-state index contributed by atoms with van der Waals surface area (Å²) >= 11 is 0. The zero-order chi connectivity index (χ0) is 13.7. The van der Waals surface area contributed by atoms with Crippen LogP contribution in [0.5, 0.6) is 5.75 Å². The van der Waals surface area contributed by atoms with E-state index in [9.17, 15) is 4.79 Å². The Morgan fingerprint density at radius 2 is 2.21 bits per heavy atom. The van der Waals surface area contributed by atoms with Crippen molar-refractivity contribution in [3.05, 3.63) is 54.1 Å². The molecule has 0 radical (unpaired) electrons. The maximum Gasteiger partial charge on any atom is 0.272 e. The Balaban J connectivity index is 2.10. The van der Waals surface area contributed by atoms with Crippen LogP contribution in [0.3, 0.4) is 0 Å². The number of ether oxygens (including phenoxy) is 1. The number of hydrogen-bond donors (Lipinski definition) is 0. The van der Waals surface area contributed by atoms with Gasteiger partial charge in [-0.25, -0.2) is 0 Å². The summed E-state index contributed by atoms with van der Waals surface area (Å²) in [5.41, 5.74) is 1.34. The molecule has 0 saturated carbocycles. The van der Waals surface area contributed by atoms with Crippen LogP contribution < -0.4 is 4.74 Å². The molecule has 2 aromatic rings. The fourth-order valence-electron chi connectivity index (χ4n) is 1.69. The second-order valence-electron chi connectivity index (χ2n) is 4.10. The van der Waals surface area contributed by atoms with Crippen molar-refractivity contribution in [1.29, 1.82) is 0 Å². The fraction of sp³-hybridized carbons (Fsp3) is 0.214. The molecular weight excluding hydrogens is 242 g/mol. The Morgan fingerprint density at radius 3 is 2.89 bits per heavy atom. The lowest BCUT2D eigenvalue weighted by atomic mass is 10.2. The molecular formula is C14H15N3O2. The van der Waals surface area contributed by atoms with E-state index in [0.29, 0.717) is 18.0 Å². The van der Waals surface area contributed by atoms with Gasteiger partial charge in [0, 0.05) is 38.2 Å². The van der Waals surface area contributed by atoms with Crippen molar-refractivity contribution in [3.63, 3.8) is 0 Å². The van der Waals surface area contributed by atoms with Crippen LogP contribution in [0.4, 0.5) is 0 Å². The zero-order valence-electron chi connectivity index (χ0n) is 10.9. The molecule has 2 aromatic heterocycles. The van der Waals surface area contributed by atoms with Crippen LogP contribution in [0, 0.1) is 0 Å². The van der Waals surface area contributed by atoms with Crippen molar-refractivity contribution in [2.75, 3.05) is 14.2 Å². The molecule has 0 aliphatic rings. The van der Waals surface area contributed by atoms with Gasteiger partial charge in [-0.1, -0.05) is 6.07 Å². The lowest BCUT2D eigenvalue weighted by Gasteiger charge is -2.16. The Hall–Kier alpha value is -2.43. The third-order valence-corrected chi connectivity index (χ3v) is 2.68. The van der Waals surface area contributed by atoms with Crippen molar-refractivity contribution in [2.45, 2.75) is 6.54 Å². The van der Waals surface area contributed by atoms with Gasteiger partial charge in [-0.15, -0.1) is 0 Å². The molecule has 5 heteroatoms. The maximum absolute atomic E-state index is 12.2. The molecule has 0 aliphatic heterocycles. The molecule has 2 rings (SSSR count). The standard InChI is InChI=1S/C14H15N3O2/c1-17(10-11-4-3-6-15-9-11)14(18)13-8-12(19-2)5-7-16-13/h3-9H,10H2,1-2H3. The molecule has 2 heterocycles. The smallest absolute Gasteiger partial charge is 0.272 e. The van der Waals surface area contributed by atoms with E-state index in [1.54, 1.807) is 49.8 Å². The minimum Gasteiger partial charge on any atom is -0.497 e. The number of rotatable bonds is 4. The number of amides is 1. The van der Waals surface area contributed by atoms with Crippen molar-refractivity contribution in [2.24, 2.45) is 0 Å². The van der Waals surface area contributed by atoms with Crippen LogP contribution in [0.25, 0.3) is 0 Å². The molecule has 0 atom stereocenters. The molecule has 0 aromatic carbocycles. The molecule has 0 bridgehead atoms. The van der Waals surface area contributed by atoms with Gasteiger partial charge in [0.05, 0.1) is 7.11 Å². The van der Waals surface area contributed by atoms with E-state index in [1.165, 1.54) is 0 Å². The molecule has 0 aliphatic carbocycles. The molecule has 98 valence electrons. The number of carbonyl (C=O) groups is 1.